The maximum absolute atomic E-state index is 9.59. The highest BCUT2D eigenvalue weighted by Gasteiger charge is 2.23. The molecule has 0 amide bonds. The number of rotatable bonds is 3. The standard InChI is InChI=1S/C13H21N3O/c1-11(12(2)17)15-7-9-16(10-8-15)13-5-3-4-6-14-13/h3-6,11-12,17H,7-10H2,1-2H3. The average molecular weight is 235 g/mol. The number of aliphatic hydroxyl groups is 1. The van der Waals surface area contributed by atoms with Crippen molar-refractivity contribution >= 4 is 5.82 Å². The van der Waals surface area contributed by atoms with E-state index in [0.717, 1.165) is 32.0 Å². The molecule has 0 saturated carbocycles. The maximum atomic E-state index is 9.59. The summed E-state index contributed by atoms with van der Waals surface area (Å²) in [6.45, 7) is 7.88. The topological polar surface area (TPSA) is 39.6 Å². The van der Waals surface area contributed by atoms with Gasteiger partial charge in [-0.15, -0.1) is 0 Å². The van der Waals surface area contributed by atoms with Gasteiger partial charge in [0.1, 0.15) is 5.82 Å². The second-order valence-electron chi connectivity index (χ2n) is 4.69. The van der Waals surface area contributed by atoms with E-state index in [9.17, 15) is 5.11 Å². The summed E-state index contributed by atoms with van der Waals surface area (Å²) in [5.74, 6) is 1.05. The van der Waals surface area contributed by atoms with Crippen molar-refractivity contribution in [3.63, 3.8) is 0 Å². The van der Waals surface area contributed by atoms with Crippen molar-refractivity contribution in [1.29, 1.82) is 0 Å². The first-order valence-electron chi connectivity index (χ1n) is 6.26. The van der Waals surface area contributed by atoms with Crippen LogP contribution < -0.4 is 4.90 Å². The number of aromatic nitrogens is 1. The molecule has 1 saturated heterocycles. The van der Waals surface area contributed by atoms with Gasteiger partial charge in [-0.25, -0.2) is 4.98 Å². The van der Waals surface area contributed by atoms with Crippen LogP contribution in [-0.4, -0.2) is 53.3 Å². The lowest BCUT2D eigenvalue weighted by Gasteiger charge is -2.39. The zero-order valence-electron chi connectivity index (χ0n) is 10.6. The molecule has 1 fully saturated rings. The Kier molecular flexibility index (Phi) is 3.97. The second kappa shape index (κ2) is 5.47. The summed E-state index contributed by atoms with van der Waals surface area (Å²) in [5.41, 5.74) is 0. The summed E-state index contributed by atoms with van der Waals surface area (Å²) in [7, 11) is 0. The molecule has 4 nitrogen and oxygen atoms in total. The Balaban J connectivity index is 1.90. The molecule has 1 aliphatic heterocycles. The van der Waals surface area contributed by atoms with Crippen LogP contribution in [0.3, 0.4) is 0 Å². The molecular formula is C13H21N3O. The third-order valence-electron chi connectivity index (χ3n) is 3.56. The molecule has 0 spiro atoms. The Morgan fingerprint density at radius 1 is 1.18 bits per heavy atom. The number of piperazine rings is 1. The molecule has 1 aliphatic rings. The minimum Gasteiger partial charge on any atom is -0.392 e. The number of hydrogen-bond acceptors (Lipinski definition) is 4. The molecule has 0 bridgehead atoms. The Hall–Kier alpha value is -1.13. The molecule has 2 heterocycles. The van der Waals surface area contributed by atoms with Gasteiger partial charge in [0.05, 0.1) is 6.10 Å². The lowest BCUT2D eigenvalue weighted by atomic mass is 10.1. The van der Waals surface area contributed by atoms with Gasteiger partial charge in [-0.05, 0) is 26.0 Å². The largest absolute Gasteiger partial charge is 0.392 e. The summed E-state index contributed by atoms with van der Waals surface area (Å²) in [6, 6.07) is 6.25. The van der Waals surface area contributed by atoms with Crippen LogP contribution in [0.15, 0.2) is 24.4 Å². The Labute approximate surface area is 103 Å². The molecule has 2 atom stereocenters. The number of hydrogen-bond donors (Lipinski definition) is 1. The van der Waals surface area contributed by atoms with Crippen LogP contribution in [0, 0.1) is 0 Å². The smallest absolute Gasteiger partial charge is 0.128 e. The van der Waals surface area contributed by atoms with Crippen LogP contribution in [0.4, 0.5) is 5.82 Å². The van der Waals surface area contributed by atoms with E-state index in [1.54, 1.807) is 0 Å². The van der Waals surface area contributed by atoms with Gasteiger partial charge in [-0.1, -0.05) is 6.07 Å². The zero-order valence-corrected chi connectivity index (χ0v) is 10.6. The SMILES string of the molecule is CC(O)C(C)N1CCN(c2ccccn2)CC1. The van der Waals surface area contributed by atoms with E-state index in [0.29, 0.717) is 0 Å². The van der Waals surface area contributed by atoms with E-state index in [-0.39, 0.29) is 12.1 Å². The molecular weight excluding hydrogens is 214 g/mol. The number of pyridine rings is 1. The number of aliphatic hydroxyl groups excluding tert-OH is 1. The highest BCUT2D eigenvalue weighted by molar-refractivity contribution is 5.38. The minimum absolute atomic E-state index is 0.237. The Bertz CT molecular complexity index is 334. The van der Waals surface area contributed by atoms with Crippen LogP contribution in [0.1, 0.15) is 13.8 Å². The molecule has 94 valence electrons. The first-order valence-corrected chi connectivity index (χ1v) is 6.26. The molecule has 0 aliphatic carbocycles. The average Bonchev–Trinajstić information content (AvgIpc) is 2.39. The normalized spacial score (nSPS) is 21.2. The first kappa shape index (κ1) is 12.3. The van der Waals surface area contributed by atoms with Crippen molar-refractivity contribution in [1.82, 2.24) is 9.88 Å². The third-order valence-corrected chi connectivity index (χ3v) is 3.56. The molecule has 4 heteroatoms. The van der Waals surface area contributed by atoms with Gasteiger partial charge in [0, 0.05) is 38.4 Å². The van der Waals surface area contributed by atoms with Gasteiger partial charge in [0.25, 0.3) is 0 Å². The Morgan fingerprint density at radius 3 is 2.41 bits per heavy atom. The zero-order chi connectivity index (χ0) is 12.3. The number of nitrogens with zero attached hydrogens (tertiary/aromatic N) is 3. The van der Waals surface area contributed by atoms with E-state index < -0.39 is 0 Å². The number of anilines is 1. The summed E-state index contributed by atoms with van der Waals surface area (Å²) < 4.78 is 0. The fourth-order valence-electron chi connectivity index (χ4n) is 2.20. The van der Waals surface area contributed by atoms with Crippen molar-refractivity contribution in [3.05, 3.63) is 24.4 Å². The monoisotopic (exact) mass is 235 g/mol. The highest BCUT2D eigenvalue weighted by atomic mass is 16.3. The molecule has 2 rings (SSSR count). The van der Waals surface area contributed by atoms with Crippen LogP contribution in [0.25, 0.3) is 0 Å². The van der Waals surface area contributed by atoms with Gasteiger partial charge >= 0.3 is 0 Å². The first-order chi connectivity index (χ1) is 8.18. The van der Waals surface area contributed by atoms with Crippen molar-refractivity contribution in [2.24, 2.45) is 0 Å². The van der Waals surface area contributed by atoms with Gasteiger partial charge in [-0.2, -0.15) is 0 Å². The van der Waals surface area contributed by atoms with E-state index in [4.69, 9.17) is 0 Å². The van der Waals surface area contributed by atoms with E-state index >= 15 is 0 Å². The van der Waals surface area contributed by atoms with Crippen LogP contribution in [0.5, 0.6) is 0 Å². The molecule has 0 radical (unpaired) electrons. The van der Waals surface area contributed by atoms with E-state index in [1.807, 2.05) is 31.3 Å². The van der Waals surface area contributed by atoms with E-state index in [2.05, 4.69) is 21.7 Å². The summed E-state index contributed by atoms with van der Waals surface area (Å²) in [5, 5.41) is 9.59. The van der Waals surface area contributed by atoms with Crippen LogP contribution >= 0.6 is 0 Å². The Morgan fingerprint density at radius 2 is 1.88 bits per heavy atom. The lowest BCUT2D eigenvalue weighted by molar-refractivity contribution is 0.0671. The predicted molar refractivity (Wildman–Crippen MR) is 69.2 cm³/mol. The van der Waals surface area contributed by atoms with Crippen LogP contribution in [0.2, 0.25) is 0 Å². The molecule has 17 heavy (non-hydrogen) atoms. The van der Waals surface area contributed by atoms with Gasteiger partial charge in [0.2, 0.25) is 0 Å². The van der Waals surface area contributed by atoms with Gasteiger partial charge < -0.3 is 10.0 Å². The molecule has 0 aromatic carbocycles. The predicted octanol–water partition coefficient (Wildman–Crippen LogP) is 0.973. The van der Waals surface area contributed by atoms with E-state index in [1.165, 1.54) is 0 Å². The summed E-state index contributed by atoms with van der Waals surface area (Å²) >= 11 is 0. The van der Waals surface area contributed by atoms with Crippen molar-refractivity contribution in [2.75, 3.05) is 31.1 Å². The molecule has 1 aromatic heterocycles. The maximum Gasteiger partial charge on any atom is 0.128 e. The third kappa shape index (κ3) is 2.96. The minimum atomic E-state index is -0.267. The quantitative estimate of drug-likeness (QED) is 0.847. The second-order valence-corrected chi connectivity index (χ2v) is 4.69. The van der Waals surface area contributed by atoms with Crippen molar-refractivity contribution < 1.29 is 5.11 Å². The summed E-state index contributed by atoms with van der Waals surface area (Å²) in [6.07, 6.45) is 1.57. The van der Waals surface area contributed by atoms with Gasteiger partial charge in [-0.3, -0.25) is 4.90 Å². The molecule has 1 aromatic rings. The lowest BCUT2D eigenvalue weighted by Crippen LogP contribution is -2.52. The van der Waals surface area contributed by atoms with Crippen LogP contribution in [-0.2, 0) is 0 Å². The molecule has 1 N–H and O–H groups in total. The van der Waals surface area contributed by atoms with Gasteiger partial charge in [0.15, 0.2) is 0 Å². The fraction of sp³-hybridized carbons (Fsp3) is 0.615. The van der Waals surface area contributed by atoms with Crippen molar-refractivity contribution in [3.8, 4) is 0 Å². The van der Waals surface area contributed by atoms with Crippen molar-refractivity contribution in [2.45, 2.75) is 26.0 Å². The molecule has 2 unspecified atom stereocenters. The fourth-order valence-corrected chi connectivity index (χ4v) is 2.20. The highest BCUT2D eigenvalue weighted by Crippen LogP contribution is 2.14. The summed E-state index contributed by atoms with van der Waals surface area (Å²) in [4.78, 5) is 9.00.